The van der Waals surface area contributed by atoms with Crippen LogP contribution in [0.5, 0.6) is 0 Å². The van der Waals surface area contributed by atoms with Gasteiger partial charge in [-0.05, 0) is 30.9 Å². The molecule has 0 saturated carbocycles. The van der Waals surface area contributed by atoms with E-state index in [1.807, 2.05) is 7.05 Å². The van der Waals surface area contributed by atoms with Crippen LogP contribution in [-0.4, -0.2) is 87.6 Å². The maximum Gasteiger partial charge on any atom is 0.191 e. The van der Waals surface area contributed by atoms with Gasteiger partial charge in [0.25, 0.3) is 0 Å². The smallest absolute Gasteiger partial charge is 0.191 e. The van der Waals surface area contributed by atoms with Crippen molar-refractivity contribution in [3.8, 4) is 0 Å². The minimum atomic E-state index is 0. The summed E-state index contributed by atoms with van der Waals surface area (Å²) in [5, 5.41) is 7.12. The van der Waals surface area contributed by atoms with E-state index in [1.165, 1.54) is 17.9 Å². The molecule has 0 amide bonds. The largest absolute Gasteiger partial charge is 0.381 e. The fourth-order valence-electron chi connectivity index (χ4n) is 3.80. The average Bonchev–Trinajstić information content (AvgIpc) is 3.14. The summed E-state index contributed by atoms with van der Waals surface area (Å²) in [6, 6.07) is 0. The molecule has 2 N–H and O–H groups in total. The average molecular weight is 484 g/mol. The van der Waals surface area contributed by atoms with Crippen LogP contribution in [0.25, 0.3) is 0 Å². The van der Waals surface area contributed by atoms with Crippen molar-refractivity contribution in [1.29, 1.82) is 0 Å². The van der Waals surface area contributed by atoms with E-state index in [9.17, 15) is 0 Å². The Labute approximate surface area is 173 Å². The van der Waals surface area contributed by atoms with Crippen molar-refractivity contribution in [2.75, 3.05) is 71.2 Å². The van der Waals surface area contributed by atoms with Crippen LogP contribution in [0.3, 0.4) is 0 Å². The van der Waals surface area contributed by atoms with Gasteiger partial charge in [0, 0.05) is 57.7 Å². The Kier molecular flexibility index (Phi) is 9.61. The first-order chi connectivity index (χ1) is 11.8. The van der Waals surface area contributed by atoms with Crippen molar-refractivity contribution in [3.05, 3.63) is 0 Å². The van der Waals surface area contributed by atoms with Gasteiger partial charge in [-0.2, -0.15) is 11.8 Å². The molecule has 6 nitrogen and oxygen atoms in total. The lowest BCUT2D eigenvalue weighted by molar-refractivity contribution is -0.0120. The third-order valence-corrected chi connectivity index (χ3v) is 6.71. The SMILES string of the molecule is CN=C(NCC1CCOCC1)NCC1(N2CCOCC2)CCSC1.I. The van der Waals surface area contributed by atoms with Gasteiger partial charge in [0.15, 0.2) is 5.96 Å². The normalized spacial score (nSPS) is 29.2. The monoisotopic (exact) mass is 484 g/mol. The second-order valence-corrected chi connectivity index (χ2v) is 8.09. The van der Waals surface area contributed by atoms with Gasteiger partial charge in [-0.15, -0.1) is 24.0 Å². The lowest BCUT2D eigenvalue weighted by atomic mass is 9.95. The molecule has 0 aromatic carbocycles. The van der Waals surface area contributed by atoms with Crippen LogP contribution in [-0.2, 0) is 9.47 Å². The van der Waals surface area contributed by atoms with E-state index in [1.54, 1.807) is 0 Å². The van der Waals surface area contributed by atoms with Crippen LogP contribution in [0.1, 0.15) is 19.3 Å². The Morgan fingerprint density at radius 1 is 1.16 bits per heavy atom. The molecule has 0 aromatic rings. The van der Waals surface area contributed by atoms with Crippen LogP contribution in [0.4, 0.5) is 0 Å². The summed E-state index contributed by atoms with van der Waals surface area (Å²) in [5.41, 5.74) is 0.255. The first-order valence-electron chi connectivity index (χ1n) is 9.25. The molecule has 25 heavy (non-hydrogen) atoms. The first kappa shape index (κ1) is 21.5. The summed E-state index contributed by atoms with van der Waals surface area (Å²) < 4.78 is 11.0. The van der Waals surface area contributed by atoms with Gasteiger partial charge >= 0.3 is 0 Å². The highest BCUT2D eigenvalue weighted by Crippen LogP contribution is 2.33. The van der Waals surface area contributed by atoms with E-state index in [2.05, 4.69) is 32.3 Å². The van der Waals surface area contributed by atoms with Gasteiger partial charge in [-0.3, -0.25) is 9.89 Å². The number of hydrogen-bond donors (Lipinski definition) is 2. The molecule has 3 fully saturated rings. The number of thioether (sulfide) groups is 1. The van der Waals surface area contributed by atoms with E-state index in [4.69, 9.17) is 9.47 Å². The van der Waals surface area contributed by atoms with Crippen molar-refractivity contribution in [1.82, 2.24) is 15.5 Å². The predicted molar refractivity (Wildman–Crippen MR) is 115 cm³/mol. The number of nitrogens with zero attached hydrogens (tertiary/aromatic N) is 2. The number of guanidine groups is 1. The summed E-state index contributed by atoms with van der Waals surface area (Å²) in [5.74, 6) is 4.10. The van der Waals surface area contributed by atoms with Crippen molar-refractivity contribution in [2.45, 2.75) is 24.8 Å². The fraction of sp³-hybridized carbons (Fsp3) is 0.941. The van der Waals surface area contributed by atoms with Gasteiger partial charge in [0.2, 0.25) is 0 Å². The molecule has 3 aliphatic rings. The Balaban J connectivity index is 0.00000225. The Hall–Kier alpha value is 0.230. The van der Waals surface area contributed by atoms with Gasteiger partial charge in [0.05, 0.1) is 13.2 Å². The molecule has 0 spiro atoms. The molecule has 1 unspecified atom stereocenters. The minimum Gasteiger partial charge on any atom is -0.381 e. The molecular formula is C17H33IN4O2S. The second kappa shape index (κ2) is 11.2. The van der Waals surface area contributed by atoms with E-state index >= 15 is 0 Å². The number of rotatable bonds is 5. The van der Waals surface area contributed by atoms with Crippen molar-refractivity contribution in [2.24, 2.45) is 10.9 Å². The van der Waals surface area contributed by atoms with Crippen LogP contribution < -0.4 is 10.6 Å². The molecule has 1 atom stereocenters. The molecule has 3 rings (SSSR count). The maximum atomic E-state index is 5.54. The van der Waals surface area contributed by atoms with Gasteiger partial charge in [-0.25, -0.2) is 0 Å². The van der Waals surface area contributed by atoms with E-state index in [0.29, 0.717) is 5.92 Å². The summed E-state index contributed by atoms with van der Waals surface area (Å²) >= 11 is 2.07. The zero-order valence-corrected chi connectivity index (χ0v) is 18.4. The first-order valence-corrected chi connectivity index (χ1v) is 10.4. The number of halogens is 1. The molecule has 0 aromatic heterocycles. The van der Waals surface area contributed by atoms with Crippen LogP contribution in [0.15, 0.2) is 4.99 Å². The molecule has 3 heterocycles. The zero-order chi connectivity index (χ0) is 16.7. The molecule has 0 bridgehead atoms. The quantitative estimate of drug-likeness (QED) is 0.350. The molecule has 3 saturated heterocycles. The number of ether oxygens (including phenoxy) is 2. The number of hydrogen-bond acceptors (Lipinski definition) is 5. The molecule has 146 valence electrons. The maximum absolute atomic E-state index is 5.54. The van der Waals surface area contributed by atoms with Crippen LogP contribution >= 0.6 is 35.7 Å². The summed E-state index contributed by atoms with van der Waals surface area (Å²) in [6.07, 6.45) is 3.55. The number of nitrogens with one attached hydrogen (secondary N) is 2. The fourth-order valence-corrected chi connectivity index (χ4v) is 5.27. The van der Waals surface area contributed by atoms with Gasteiger partial charge < -0.3 is 20.1 Å². The Morgan fingerprint density at radius 3 is 2.52 bits per heavy atom. The highest BCUT2D eigenvalue weighted by atomic mass is 127. The predicted octanol–water partition coefficient (Wildman–Crippen LogP) is 1.40. The molecule has 8 heteroatoms. The Morgan fingerprint density at radius 2 is 1.88 bits per heavy atom. The summed E-state index contributed by atoms with van der Waals surface area (Å²) in [6.45, 7) is 7.58. The highest BCUT2D eigenvalue weighted by molar-refractivity contribution is 14.0. The van der Waals surface area contributed by atoms with Gasteiger partial charge in [-0.1, -0.05) is 0 Å². The zero-order valence-electron chi connectivity index (χ0n) is 15.3. The molecule has 0 radical (unpaired) electrons. The van der Waals surface area contributed by atoms with E-state index in [-0.39, 0.29) is 29.5 Å². The second-order valence-electron chi connectivity index (χ2n) is 6.99. The third kappa shape index (κ3) is 6.12. The number of morpholine rings is 1. The van der Waals surface area contributed by atoms with Crippen molar-refractivity contribution >= 4 is 41.7 Å². The lowest BCUT2D eigenvalue weighted by Crippen LogP contribution is -2.60. The standard InChI is InChI=1S/C17H32N4O2S.HI/c1-18-16(19-12-15-2-7-22-8-3-15)20-13-17(4-11-24-14-17)21-5-9-23-10-6-21;/h15H,2-14H2,1H3,(H2,18,19,20);1H. The van der Waals surface area contributed by atoms with Crippen LogP contribution in [0, 0.1) is 5.92 Å². The topological polar surface area (TPSA) is 58.1 Å². The highest BCUT2D eigenvalue weighted by Gasteiger charge is 2.40. The Bertz CT molecular complexity index is 409. The van der Waals surface area contributed by atoms with Gasteiger partial charge in [0.1, 0.15) is 0 Å². The van der Waals surface area contributed by atoms with E-state index < -0.39 is 0 Å². The summed E-state index contributed by atoms with van der Waals surface area (Å²) in [7, 11) is 1.87. The van der Waals surface area contributed by atoms with Crippen molar-refractivity contribution in [3.63, 3.8) is 0 Å². The van der Waals surface area contributed by atoms with Crippen molar-refractivity contribution < 1.29 is 9.47 Å². The van der Waals surface area contributed by atoms with E-state index in [0.717, 1.165) is 71.4 Å². The third-order valence-electron chi connectivity index (χ3n) is 5.47. The molecular weight excluding hydrogens is 451 g/mol. The lowest BCUT2D eigenvalue weighted by Gasteiger charge is -2.43. The minimum absolute atomic E-state index is 0. The molecule has 0 aliphatic carbocycles. The van der Waals surface area contributed by atoms with Crippen LogP contribution in [0.2, 0.25) is 0 Å². The molecule has 3 aliphatic heterocycles. The number of aliphatic imine (C=N–C) groups is 1. The summed E-state index contributed by atoms with van der Waals surface area (Å²) in [4.78, 5) is 7.06.